The Labute approximate surface area is 150 Å². The van der Waals surface area contributed by atoms with Crippen molar-refractivity contribution in [2.75, 3.05) is 5.75 Å². The van der Waals surface area contributed by atoms with Gasteiger partial charge >= 0.3 is 6.61 Å². The number of alkyl halides is 2. The van der Waals surface area contributed by atoms with Gasteiger partial charge in [-0.2, -0.15) is 8.78 Å². The Morgan fingerprint density at radius 2 is 2.04 bits per heavy atom. The second kappa shape index (κ2) is 7.75. The molecule has 0 N–H and O–H groups in total. The van der Waals surface area contributed by atoms with Gasteiger partial charge in [-0.15, -0.1) is 21.5 Å². The number of rotatable bonds is 7. The predicted octanol–water partition coefficient (Wildman–Crippen LogP) is 4.68. The molecule has 0 aliphatic rings. The van der Waals surface area contributed by atoms with Crippen molar-refractivity contribution in [1.29, 1.82) is 0 Å². The summed E-state index contributed by atoms with van der Waals surface area (Å²) in [7, 11) is 0. The van der Waals surface area contributed by atoms with Crippen LogP contribution in [0.25, 0.3) is 10.8 Å². The highest BCUT2D eigenvalue weighted by Gasteiger charge is 2.15. The summed E-state index contributed by atoms with van der Waals surface area (Å²) in [5, 5.41) is 10.1. The highest BCUT2D eigenvalue weighted by Crippen LogP contribution is 2.30. The molecular weight excluding hydrogens is 370 g/mol. The maximum atomic E-state index is 12.1. The van der Waals surface area contributed by atoms with Crippen molar-refractivity contribution in [3.05, 3.63) is 46.8 Å². The van der Waals surface area contributed by atoms with Crippen LogP contribution in [0, 0.1) is 6.92 Å². The quantitative estimate of drug-likeness (QED) is 0.437. The van der Waals surface area contributed by atoms with E-state index in [1.54, 1.807) is 0 Å². The molecule has 0 spiro atoms. The average Bonchev–Trinajstić information content (AvgIpc) is 3.21. The molecule has 0 fully saturated rings. The van der Waals surface area contributed by atoms with E-state index in [4.69, 9.17) is 4.42 Å². The molecular formula is C16H12F2N2O3S2. The average molecular weight is 382 g/mol. The van der Waals surface area contributed by atoms with Crippen molar-refractivity contribution >= 4 is 28.9 Å². The first-order valence-corrected chi connectivity index (χ1v) is 8.98. The Balaban J connectivity index is 1.59. The van der Waals surface area contributed by atoms with E-state index in [1.807, 2.05) is 18.4 Å². The number of thiophene rings is 1. The lowest BCUT2D eigenvalue weighted by Crippen LogP contribution is -2.04. The molecule has 0 atom stereocenters. The maximum absolute atomic E-state index is 12.1. The molecule has 2 aromatic heterocycles. The van der Waals surface area contributed by atoms with Crippen LogP contribution >= 0.6 is 23.1 Å². The summed E-state index contributed by atoms with van der Waals surface area (Å²) in [4.78, 5) is 13.0. The van der Waals surface area contributed by atoms with Crippen molar-refractivity contribution in [2.24, 2.45) is 0 Å². The molecule has 130 valence electrons. The lowest BCUT2D eigenvalue weighted by molar-refractivity contribution is -0.0498. The first kappa shape index (κ1) is 17.6. The zero-order valence-corrected chi connectivity index (χ0v) is 14.6. The summed E-state index contributed by atoms with van der Waals surface area (Å²) in [6.07, 6.45) is 0. The van der Waals surface area contributed by atoms with Crippen LogP contribution in [-0.2, 0) is 0 Å². The van der Waals surface area contributed by atoms with Gasteiger partial charge in [0.1, 0.15) is 5.75 Å². The molecule has 9 heteroatoms. The maximum Gasteiger partial charge on any atom is 0.387 e. The van der Waals surface area contributed by atoms with Gasteiger partial charge in [0.05, 0.1) is 10.6 Å². The summed E-state index contributed by atoms with van der Waals surface area (Å²) < 4.78 is 34.0. The lowest BCUT2D eigenvalue weighted by atomic mass is 10.1. The summed E-state index contributed by atoms with van der Waals surface area (Å²) in [6.45, 7) is -0.941. The van der Waals surface area contributed by atoms with Gasteiger partial charge < -0.3 is 9.15 Å². The molecule has 0 saturated heterocycles. The smallest absolute Gasteiger partial charge is 0.387 e. The van der Waals surface area contributed by atoms with Crippen molar-refractivity contribution in [1.82, 2.24) is 10.2 Å². The van der Waals surface area contributed by atoms with Crippen molar-refractivity contribution in [3.63, 3.8) is 0 Å². The minimum atomic E-state index is -2.89. The van der Waals surface area contributed by atoms with Gasteiger partial charge in [0.2, 0.25) is 0 Å². The Bertz CT molecular complexity index is 862. The van der Waals surface area contributed by atoms with Gasteiger partial charge in [-0.05, 0) is 48.2 Å². The van der Waals surface area contributed by atoms with Crippen molar-refractivity contribution in [3.8, 4) is 16.5 Å². The standard InChI is InChI=1S/C16H12F2N2O3S2/c1-9-6-7-24-13(9)14-19-20-16(23-14)25-8-12(21)10-2-4-11(5-3-10)22-15(17)18/h2-7,15H,8H2,1H3. The van der Waals surface area contributed by atoms with Gasteiger partial charge in [-0.25, -0.2) is 0 Å². The predicted molar refractivity (Wildman–Crippen MR) is 90.5 cm³/mol. The zero-order chi connectivity index (χ0) is 17.8. The molecule has 1 aromatic carbocycles. The number of aryl methyl sites for hydroxylation is 1. The molecule has 0 unspecified atom stereocenters. The van der Waals surface area contributed by atoms with Gasteiger partial charge in [-0.1, -0.05) is 11.8 Å². The Hall–Kier alpha value is -2.26. The number of carbonyl (C=O) groups is 1. The van der Waals surface area contributed by atoms with E-state index in [9.17, 15) is 13.6 Å². The fourth-order valence-electron chi connectivity index (χ4n) is 1.98. The highest BCUT2D eigenvalue weighted by atomic mass is 32.2. The van der Waals surface area contributed by atoms with E-state index < -0.39 is 6.61 Å². The topological polar surface area (TPSA) is 65.2 Å². The van der Waals surface area contributed by atoms with E-state index in [-0.39, 0.29) is 17.3 Å². The first-order valence-electron chi connectivity index (χ1n) is 7.12. The monoisotopic (exact) mass is 382 g/mol. The third kappa shape index (κ3) is 4.43. The fourth-order valence-corrected chi connectivity index (χ4v) is 3.49. The molecule has 0 radical (unpaired) electrons. The summed E-state index contributed by atoms with van der Waals surface area (Å²) in [6, 6.07) is 7.49. The third-order valence-electron chi connectivity index (χ3n) is 3.19. The number of carbonyl (C=O) groups excluding carboxylic acids is 1. The van der Waals surface area contributed by atoms with Crippen molar-refractivity contribution in [2.45, 2.75) is 18.8 Å². The number of ketones is 1. The van der Waals surface area contributed by atoms with Crippen LogP contribution in [0.15, 0.2) is 45.4 Å². The number of ether oxygens (including phenoxy) is 1. The SMILES string of the molecule is Cc1ccsc1-c1nnc(SCC(=O)c2ccc(OC(F)F)cc2)o1. The number of aromatic nitrogens is 2. The van der Waals surface area contributed by atoms with Crippen LogP contribution in [-0.4, -0.2) is 28.3 Å². The Kier molecular flexibility index (Phi) is 5.44. The molecule has 2 heterocycles. The van der Waals surface area contributed by atoms with E-state index in [1.165, 1.54) is 35.6 Å². The van der Waals surface area contributed by atoms with Gasteiger partial charge in [0, 0.05) is 5.56 Å². The van der Waals surface area contributed by atoms with Crippen LogP contribution in [0.3, 0.4) is 0 Å². The molecule has 3 aromatic rings. The number of nitrogens with zero attached hydrogens (tertiary/aromatic N) is 2. The molecule has 0 aliphatic heterocycles. The molecule has 0 saturated carbocycles. The fraction of sp³-hybridized carbons (Fsp3) is 0.188. The zero-order valence-electron chi connectivity index (χ0n) is 12.9. The van der Waals surface area contributed by atoms with Crippen LogP contribution in [0.4, 0.5) is 8.78 Å². The van der Waals surface area contributed by atoms with E-state index in [2.05, 4.69) is 14.9 Å². The lowest BCUT2D eigenvalue weighted by Gasteiger charge is -2.04. The van der Waals surface area contributed by atoms with E-state index in [0.717, 1.165) is 22.2 Å². The van der Waals surface area contributed by atoms with Crippen LogP contribution in [0.5, 0.6) is 5.75 Å². The summed E-state index contributed by atoms with van der Waals surface area (Å²) in [5.74, 6) is 0.351. The third-order valence-corrected chi connectivity index (χ3v) is 5.01. The molecule has 25 heavy (non-hydrogen) atoms. The first-order chi connectivity index (χ1) is 12.0. The molecule has 0 bridgehead atoms. The number of halogens is 2. The number of hydrogen-bond donors (Lipinski definition) is 0. The Morgan fingerprint density at radius 3 is 2.68 bits per heavy atom. The molecule has 0 amide bonds. The largest absolute Gasteiger partial charge is 0.435 e. The minimum absolute atomic E-state index is 0.00654. The normalized spacial score (nSPS) is 11.0. The van der Waals surface area contributed by atoms with Crippen LogP contribution in [0.1, 0.15) is 15.9 Å². The Morgan fingerprint density at radius 1 is 1.28 bits per heavy atom. The summed E-state index contributed by atoms with van der Waals surface area (Å²) >= 11 is 2.63. The molecule has 3 rings (SSSR count). The van der Waals surface area contributed by atoms with Gasteiger partial charge in [-0.3, -0.25) is 4.79 Å². The highest BCUT2D eigenvalue weighted by molar-refractivity contribution is 7.99. The van der Waals surface area contributed by atoms with Gasteiger partial charge in [0.25, 0.3) is 11.1 Å². The number of hydrogen-bond acceptors (Lipinski definition) is 7. The van der Waals surface area contributed by atoms with Crippen LogP contribution in [0.2, 0.25) is 0 Å². The number of Topliss-reactive ketones (excluding diaryl/α,β-unsaturated/α-hetero) is 1. The second-order valence-corrected chi connectivity index (χ2v) is 6.76. The van der Waals surface area contributed by atoms with Crippen LogP contribution < -0.4 is 4.74 Å². The van der Waals surface area contributed by atoms with Crippen molar-refractivity contribution < 1.29 is 22.7 Å². The number of benzene rings is 1. The molecule has 0 aliphatic carbocycles. The summed E-state index contributed by atoms with van der Waals surface area (Å²) in [5.41, 5.74) is 1.44. The number of thioether (sulfide) groups is 1. The second-order valence-electron chi connectivity index (χ2n) is 4.92. The molecule has 5 nitrogen and oxygen atoms in total. The van der Waals surface area contributed by atoms with Gasteiger partial charge in [0.15, 0.2) is 5.78 Å². The minimum Gasteiger partial charge on any atom is -0.435 e. The van der Waals surface area contributed by atoms with E-state index in [0.29, 0.717) is 16.7 Å². The van der Waals surface area contributed by atoms with E-state index >= 15 is 0 Å².